The van der Waals surface area contributed by atoms with Crippen LogP contribution < -0.4 is 0 Å². The molecule has 190 valence electrons. The first kappa shape index (κ1) is 24.8. The van der Waals surface area contributed by atoms with Crippen LogP contribution in [0.3, 0.4) is 0 Å². The average Bonchev–Trinajstić information content (AvgIpc) is 3.38. The van der Waals surface area contributed by atoms with E-state index in [9.17, 15) is 9.59 Å². The molecule has 0 amide bonds. The van der Waals surface area contributed by atoms with Crippen LogP contribution in [-0.4, -0.2) is 49.0 Å². The highest BCUT2D eigenvalue weighted by atomic mass is 35.5. The van der Waals surface area contributed by atoms with Gasteiger partial charge in [-0.25, -0.2) is 28.9 Å². The molecule has 9 nitrogen and oxygen atoms in total. The summed E-state index contributed by atoms with van der Waals surface area (Å²) in [5.74, 6) is -1.57. The van der Waals surface area contributed by atoms with E-state index in [-0.39, 0.29) is 27.4 Å². The van der Waals surface area contributed by atoms with Gasteiger partial charge >= 0.3 is 11.9 Å². The molecule has 1 aliphatic heterocycles. The van der Waals surface area contributed by atoms with Crippen LogP contribution in [0.5, 0.6) is 0 Å². The van der Waals surface area contributed by atoms with Crippen LogP contribution in [0.2, 0.25) is 5.15 Å². The number of imidazole rings is 1. The molecule has 1 fully saturated rings. The Morgan fingerprint density at radius 3 is 2.46 bits per heavy atom. The topological polar surface area (TPSA) is 105 Å². The SMILES string of the molecule is Cc1ccccc1C(=O)O[C@H]1O[C@H](n2cnc3c(Cl)ncnc32)[C@](C)(F)[C@]1(C)OC(=O)c1ccccc1. The lowest BCUT2D eigenvalue weighted by atomic mass is 9.87. The van der Waals surface area contributed by atoms with E-state index in [4.69, 9.17) is 25.8 Å². The quantitative estimate of drug-likeness (QED) is 0.269. The number of halogens is 2. The normalized spacial score (nSPS) is 25.2. The molecule has 0 N–H and O–H groups in total. The molecule has 5 rings (SSSR count). The number of hydrogen-bond acceptors (Lipinski definition) is 8. The molecular weight excluding hydrogens is 503 g/mol. The van der Waals surface area contributed by atoms with Crippen molar-refractivity contribution in [1.82, 2.24) is 19.5 Å². The Labute approximate surface area is 216 Å². The number of rotatable bonds is 5. The second-order valence-corrected chi connectivity index (χ2v) is 9.33. The highest BCUT2D eigenvalue weighted by Crippen LogP contribution is 2.51. The number of fused-ring (bicyclic) bond motifs is 1. The highest BCUT2D eigenvalue weighted by molar-refractivity contribution is 6.33. The van der Waals surface area contributed by atoms with Crippen LogP contribution in [0.25, 0.3) is 11.2 Å². The predicted molar refractivity (Wildman–Crippen MR) is 131 cm³/mol. The summed E-state index contributed by atoms with van der Waals surface area (Å²) in [5.41, 5.74) is -2.97. The fourth-order valence-corrected chi connectivity index (χ4v) is 4.43. The van der Waals surface area contributed by atoms with E-state index in [1.165, 1.54) is 43.2 Å². The monoisotopic (exact) mass is 524 g/mol. The first-order valence-electron chi connectivity index (χ1n) is 11.4. The van der Waals surface area contributed by atoms with Crippen molar-refractivity contribution in [2.24, 2.45) is 0 Å². The highest BCUT2D eigenvalue weighted by Gasteiger charge is 2.68. The maximum atomic E-state index is 16.9. The van der Waals surface area contributed by atoms with Crippen molar-refractivity contribution in [3.63, 3.8) is 0 Å². The number of alkyl halides is 1. The van der Waals surface area contributed by atoms with Gasteiger partial charge in [-0.05, 0) is 44.5 Å². The third kappa shape index (κ3) is 4.11. The van der Waals surface area contributed by atoms with Gasteiger partial charge in [-0.2, -0.15) is 0 Å². The number of carbonyl (C=O) groups excluding carboxylic acids is 2. The first-order chi connectivity index (χ1) is 17.6. The van der Waals surface area contributed by atoms with E-state index in [0.29, 0.717) is 5.56 Å². The Morgan fingerprint density at radius 2 is 1.73 bits per heavy atom. The molecule has 0 radical (unpaired) electrons. The lowest BCUT2D eigenvalue weighted by molar-refractivity contribution is -0.179. The van der Waals surface area contributed by atoms with Crippen molar-refractivity contribution in [3.8, 4) is 0 Å². The number of aromatic nitrogens is 4. The van der Waals surface area contributed by atoms with Crippen LogP contribution in [0, 0.1) is 6.92 Å². The van der Waals surface area contributed by atoms with Crippen molar-refractivity contribution in [2.75, 3.05) is 0 Å². The van der Waals surface area contributed by atoms with Gasteiger partial charge in [0.1, 0.15) is 11.8 Å². The van der Waals surface area contributed by atoms with Crippen LogP contribution >= 0.6 is 11.6 Å². The smallest absolute Gasteiger partial charge is 0.340 e. The number of ether oxygens (including phenoxy) is 3. The summed E-state index contributed by atoms with van der Waals surface area (Å²) in [6.45, 7) is 4.26. The summed E-state index contributed by atoms with van der Waals surface area (Å²) < 4.78 is 35.5. The molecule has 2 aromatic heterocycles. The standard InChI is InChI=1S/C26H22ClFN4O5/c1-15-9-7-8-12-17(15)22(34)35-24-26(3,37-21(33)16-10-5-4-6-11-16)25(2,28)23(36-24)32-14-31-18-19(27)29-13-30-20(18)32/h4-14,23-24H,1-3H3/t23-,24-,25-,26+/m0/s1. The van der Waals surface area contributed by atoms with Gasteiger partial charge in [0.2, 0.25) is 11.9 Å². The molecule has 0 saturated carbocycles. The van der Waals surface area contributed by atoms with Crippen molar-refractivity contribution >= 4 is 34.7 Å². The maximum Gasteiger partial charge on any atom is 0.340 e. The third-order valence-corrected chi connectivity index (χ3v) is 6.87. The second-order valence-electron chi connectivity index (χ2n) is 8.97. The van der Waals surface area contributed by atoms with Gasteiger partial charge in [0.05, 0.1) is 17.5 Å². The fourth-order valence-electron chi connectivity index (χ4n) is 4.25. The summed E-state index contributed by atoms with van der Waals surface area (Å²) in [5, 5.41) is 0.0723. The van der Waals surface area contributed by atoms with E-state index in [0.717, 1.165) is 0 Å². The van der Waals surface area contributed by atoms with E-state index in [1.807, 2.05) is 0 Å². The zero-order valence-corrected chi connectivity index (χ0v) is 20.8. The minimum atomic E-state index is -2.43. The molecule has 11 heteroatoms. The van der Waals surface area contributed by atoms with Crippen LogP contribution in [0.1, 0.15) is 46.4 Å². The molecular formula is C26H22ClFN4O5. The Bertz CT molecular complexity index is 1490. The molecule has 1 saturated heterocycles. The molecule has 0 unspecified atom stereocenters. The average molecular weight is 525 g/mol. The Balaban J connectivity index is 1.56. The van der Waals surface area contributed by atoms with Gasteiger partial charge in [0.15, 0.2) is 22.7 Å². The largest absolute Gasteiger partial charge is 0.445 e. The summed E-state index contributed by atoms with van der Waals surface area (Å²) in [4.78, 5) is 38.4. The molecule has 0 spiro atoms. The molecule has 3 heterocycles. The second kappa shape index (κ2) is 9.20. The summed E-state index contributed by atoms with van der Waals surface area (Å²) >= 11 is 6.12. The molecule has 0 aliphatic carbocycles. The number of nitrogens with zero attached hydrogens (tertiary/aromatic N) is 4. The number of benzene rings is 2. The summed E-state index contributed by atoms with van der Waals surface area (Å²) in [6.07, 6.45) is -0.579. The minimum absolute atomic E-state index is 0.0723. The van der Waals surface area contributed by atoms with Crippen LogP contribution in [-0.2, 0) is 14.2 Å². The van der Waals surface area contributed by atoms with Gasteiger partial charge in [-0.3, -0.25) is 4.57 Å². The van der Waals surface area contributed by atoms with Crippen LogP contribution in [0.15, 0.2) is 67.3 Å². The minimum Gasteiger partial charge on any atom is -0.445 e. The number of carbonyl (C=O) groups is 2. The molecule has 1 aliphatic rings. The first-order valence-corrected chi connectivity index (χ1v) is 11.7. The Kier molecular flexibility index (Phi) is 6.17. The van der Waals surface area contributed by atoms with Crippen molar-refractivity contribution in [3.05, 3.63) is 89.1 Å². The van der Waals surface area contributed by atoms with E-state index in [2.05, 4.69) is 15.0 Å². The van der Waals surface area contributed by atoms with E-state index < -0.39 is 35.7 Å². The van der Waals surface area contributed by atoms with Crippen molar-refractivity contribution < 1.29 is 28.2 Å². The van der Waals surface area contributed by atoms with Gasteiger partial charge in [-0.15, -0.1) is 0 Å². The van der Waals surface area contributed by atoms with Crippen molar-refractivity contribution in [2.45, 2.75) is 44.6 Å². The lowest BCUT2D eigenvalue weighted by Crippen LogP contribution is -2.55. The predicted octanol–water partition coefficient (Wildman–Crippen LogP) is 4.84. The zero-order chi connectivity index (χ0) is 26.4. The van der Waals surface area contributed by atoms with Crippen LogP contribution in [0.4, 0.5) is 4.39 Å². The van der Waals surface area contributed by atoms with Gasteiger partial charge in [0, 0.05) is 0 Å². The summed E-state index contributed by atoms with van der Waals surface area (Å²) in [7, 11) is 0. The van der Waals surface area contributed by atoms with Gasteiger partial charge in [0.25, 0.3) is 0 Å². The molecule has 4 atom stereocenters. The van der Waals surface area contributed by atoms with Gasteiger partial charge in [-0.1, -0.05) is 48.0 Å². The number of hydrogen-bond donors (Lipinski definition) is 0. The third-order valence-electron chi connectivity index (χ3n) is 6.60. The number of aryl methyl sites for hydroxylation is 1. The Morgan fingerprint density at radius 1 is 1.03 bits per heavy atom. The molecule has 0 bridgehead atoms. The maximum absolute atomic E-state index is 16.9. The molecule has 37 heavy (non-hydrogen) atoms. The van der Waals surface area contributed by atoms with E-state index >= 15 is 4.39 Å². The van der Waals surface area contributed by atoms with Crippen molar-refractivity contribution in [1.29, 1.82) is 0 Å². The van der Waals surface area contributed by atoms with E-state index in [1.54, 1.807) is 49.4 Å². The van der Waals surface area contributed by atoms with Gasteiger partial charge < -0.3 is 14.2 Å². The summed E-state index contributed by atoms with van der Waals surface area (Å²) in [6, 6.07) is 14.9. The number of esters is 2. The molecule has 2 aromatic carbocycles. The zero-order valence-electron chi connectivity index (χ0n) is 20.1. The lowest BCUT2D eigenvalue weighted by Gasteiger charge is -2.36. The molecule has 4 aromatic rings. The fraction of sp³-hybridized carbons (Fsp3) is 0.269. The Hall–Kier alpha value is -3.89.